The van der Waals surface area contributed by atoms with E-state index in [4.69, 9.17) is 5.26 Å². The van der Waals surface area contributed by atoms with E-state index in [0.29, 0.717) is 0 Å². The molecule has 0 saturated heterocycles. The number of hydrogen-bond acceptors (Lipinski definition) is 2. The van der Waals surface area contributed by atoms with Crippen molar-refractivity contribution in [2.45, 2.75) is 32.7 Å². The molecule has 1 aliphatic carbocycles. The lowest BCUT2D eigenvalue weighted by Gasteiger charge is -2.35. The van der Waals surface area contributed by atoms with E-state index < -0.39 is 0 Å². The Morgan fingerprint density at radius 2 is 2.12 bits per heavy atom. The van der Waals surface area contributed by atoms with Crippen LogP contribution in [0.2, 0.25) is 0 Å². The molecule has 0 radical (unpaired) electrons. The highest BCUT2D eigenvalue weighted by molar-refractivity contribution is 5.25. The maximum Gasteiger partial charge on any atom is 0.0703 e. The summed E-state index contributed by atoms with van der Waals surface area (Å²) in [5.41, 5.74) is 2.58. The van der Waals surface area contributed by atoms with Crippen molar-refractivity contribution in [2.24, 2.45) is 5.41 Å². The second-order valence-electron chi connectivity index (χ2n) is 4.78. The summed E-state index contributed by atoms with van der Waals surface area (Å²) in [6, 6.07) is 10.8. The van der Waals surface area contributed by atoms with Crippen LogP contribution < -0.4 is 5.32 Å². The monoisotopic (exact) mass is 214 g/mol. The Balaban J connectivity index is 1.85. The molecule has 0 aromatic heterocycles. The molecule has 1 aliphatic rings. The smallest absolute Gasteiger partial charge is 0.0703 e. The summed E-state index contributed by atoms with van der Waals surface area (Å²) in [7, 11) is 0. The van der Waals surface area contributed by atoms with Gasteiger partial charge in [0.1, 0.15) is 0 Å². The Kier molecular flexibility index (Phi) is 3.26. The van der Waals surface area contributed by atoms with Gasteiger partial charge in [0, 0.05) is 13.1 Å². The van der Waals surface area contributed by atoms with Gasteiger partial charge in [0.25, 0.3) is 0 Å². The molecule has 16 heavy (non-hydrogen) atoms. The maximum atomic E-state index is 9.10. The molecule has 0 heterocycles. The zero-order valence-electron chi connectivity index (χ0n) is 9.79. The van der Waals surface area contributed by atoms with Crippen LogP contribution in [0.4, 0.5) is 0 Å². The molecule has 1 saturated carbocycles. The second kappa shape index (κ2) is 4.67. The van der Waals surface area contributed by atoms with Crippen molar-refractivity contribution in [1.82, 2.24) is 5.32 Å². The molecule has 0 unspecified atom stereocenters. The summed E-state index contributed by atoms with van der Waals surface area (Å²) in [5.74, 6) is 0. The zero-order chi connectivity index (χ0) is 11.4. The third kappa shape index (κ3) is 2.25. The molecule has 2 heteroatoms. The molecule has 0 aliphatic heterocycles. The molecule has 1 aromatic rings. The van der Waals surface area contributed by atoms with Gasteiger partial charge in [-0.3, -0.25) is 0 Å². The van der Waals surface area contributed by atoms with Crippen LogP contribution in [0.15, 0.2) is 24.3 Å². The van der Waals surface area contributed by atoms with Gasteiger partial charge in [-0.15, -0.1) is 0 Å². The predicted octanol–water partition coefficient (Wildman–Crippen LogP) is 2.78. The van der Waals surface area contributed by atoms with E-state index in [1.807, 2.05) is 0 Å². The first-order chi connectivity index (χ1) is 7.76. The number of nitriles is 1. The first kappa shape index (κ1) is 11.2. The summed E-state index contributed by atoms with van der Waals surface area (Å²) >= 11 is 0. The summed E-state index contributed by atoms with van der Waals surface area (Å²) < 4.78 is 0. The Morgan fingerprint density at radius 1 is 1.38 bits per heavy atom. The largest absolute Gasteiger partial charge is 0.311 e. The molecule has 2 nitrogen and oxygen atoms in total. The lowest BCUT2D eigenvalue weighted by molar-refractivity contribution is 0.206. The van der Waals surface area contributed by atoms with E-state index in [1.54, 1.807) is 0 Å². The number of benzene rings is 1. The van der Waals surface area contributed by atoms with Crippen LogP contribution in [-0.4, -0.2) is 6.54 Å². The summed E-state index contributed by atoms with van der Waals surface area (Å²) in [6.07, 6.45) is 3.33. The molecule has 1 aromatic carbocycles. The SMILES string of the molecule is Cc1ccccc1CNCC1(C#N)CCC1. The third-order valence-electron chi connectivity index (χ3n) is 3.59. The van der Waals surface area contributed by atoms with Gasteiger partial charge in [0.2, 0.25) is 0 Å². The normalized spacial score (nSPS) is 17.5. The molecule has 0 atom stereocenters. The summed E-state index contributed by atoms with van der Waals surface area (Å²) in [6.45, 7) is 3.83. The first-order valence-corrected chi connectivity index (χ1v) is 5.92. The van der Waals surface area contributed by atoms with Gasteiger partial charge in [-0.05, 0) is 30.9 Å². The molecule has 0 bridgehead atoms. The van der Waals surface area contributed by atoms with Crippen LogP contribution in [-0.2, 0) is 6.54 Å². The molecule has 0 spiro atoms. The molecular formula is C14H18N2. The lowest BCUT2D eigenvalue weighted by atomic mass is 9.70. The standard InChI is InChI=1S/C14H18N2/c1-12-5-2-3-6-13(12)9-16-11-14(10-15)7-4-8-14/h2-3,5-6,16H,4,7-9,11H2,1H3. The van der Waals surface area contributed by atoms with Crippen molar-refractivity contribution in [2.75, 3.05) is 6.54 Å². The average Bonchev–Trinajstić information content (AvgIpc) is 2.25. The van der Waals surface area contributed by atoms with Gasteiger partial charge in [-0.25, -0.2) is 0 Å². The van der Waals surface area contributed by atoms with Crippen molar-refractivity contribution in [3.05, 3.63) is 35.4 Å². The second-order valence-corrected chi connectivity index (χ2v) is 4.78. The Hall–Kier alpha value is -1.33. The highest BCUT2D eigenvalue weighted by Crippen LogP contribution is 2.39. The fourth-order valence-electron chi connectivity index (χ4n) is 2.18. The van der Waals surface area contributed by atoms with Crippen molar-refractivity contribution < 1.29 is 0 Å². The topological polar surface area (TPSA) is 35.8 Å². The first-order valence-electron chi connectivity index (χ1n) is 5.92. The fraction of sp³-hybridized carbons (Fsp3) is 0.500. The number of nitrogens with zero attached hydrogens (tertiary/aromatic N) is 1. The molecule has 1 N–H and O–H groups in total. The van der Waals surface area contributed by atoms with Crippen molar-refractivity contribution in [3.63, 3.8) is 0 Å². The minimum Gasteiger partial charge on any atom is -0.311 e. The molecule has 2 rings (SSSR count). The Bertz CT molecular complexity index is 399. The quantitative estimate of drug-likeness (QED) is 0.836. The number of nitrogens with one attached hydrogen (secondary N) is 1. The fourth-order valence-corrected chi connectivity index (χ4v) is 2.18. The van der Waals surface area contributed by atoms with Gasteiger partial charge in [0.05, 0.1) is 11.5 Å². The molecule has 0 amide bonds. The highest BCUT2D eigenvalue weighted by atomic mass is 14.9. The van der Waals surface area contributed by atoms with E-state index in [9.17, 15) is 0 Å². The predicted molar refractivity (Wildman–Crippen MR) is 64.8 cm³/mol. The van der Waals surface area contributed by atoms with Gasteiger partial charge in [0.15, 0.2) is 0 Å². The Morgan fingerprint density at radius 3 is 2.69 bits per heavy atom. The van der Waals surface area contributed by atoms with Crippen molar-refractivity contribution >= 4 is 0 Å². The van der Waals surface area contributed by atoms with Crippen LogP contribution in [0.25, 0.3) is 0 Å². The number of aryl methyl sites for hydroxylation is 1. The van der Waals surface area contributed by atoms with Gasteiger partial charge < -0.3 is 5.32 Å². The molecule has 84 valence electrons. The molecular weight excluding hydrogens is 196 g/mol. The average molecular weight is 214 g/mol. The van der Waals surface area contributed by atoms with Crippen LogP contribution in [0, 0.1) is 23.7 Å². The maximum absolute atomic E-state index is 9.10. The lowest BCUT2D eigenvalue weighted by Crippen LogP contribution is -2.38. The van der Waals surface area contributed by atoms with Crippen LogP contribution >= 0.6 is 0 Å². The van der Waals surface area contributed by atoms with E-state index in [1.165, 1.54) is 17.5 Å². The van der Waals surface area contributed by atoms with Crippen LogP contribution in [0.3, 0.4) is 0 Å². The van der Waals surface area contributed by atoms with Gasteiger partial charge >= 0.3 is 0 Å². The zero-order valence-corrected chi connectivity index (χ0v) is 9.79. The van der Waals surface area contributed by atoms with Crippen LogP contribution in [0.5, 0.6) is 0 Å². The number of rotatable bonds is 4. The number of hydrogen-bond donors (Lipinski definition) is 1. The van der Waals surface area contributed by atoms with E-state index in [0.717, 1.165) is 25.9 Å². The van der Waals surface area contributed by atoms with Gasteiger partial charge in [-0.1, -0.05) is 30.7 Å². The Labute approximate surface area is 97.3 Å². The van der Waals surface area contributed by atoms with Crippen molar-refractivity contribution in [1.29, 1.82) is 5.26 Å². The third-order valence-corrected chi connectivity index (χ3v) is 3.59. The minimum absolute atomic E-state index is 0.0668. The van der Waals surface area contributed by atoms with Crippen molar-refractivity contribution in [3.8, 4) is 6.07 Å². The van der Waals surface area contributed by atoms with E-state index in [-0.39, 0.29) is 5.41 Å². The summed E-state index contributed by atoms with van der Waals surface area (Å²) in [5, 5.41) is 12.5. The highest BCUT2D eigenvalue weighted by Gasteiger charge is 2.36. The van der Waals surface area contributed by atoms with E-state index >= 15 is 0 Å². The molecule has 1 fully saturated rings. The van der Waals surface area contributed by atoms with E-state index in [2.05, 4.69) is 42.6 Å². The van der Waals surface area contributed by atoms with Gasteiger partial charge in [-0.2, -0.15) is 5.26 Å². The minimum atomic E-state index is -0.0668. The summed E-state index contributed by atoms with van der Waals surface area (Å²) in [4.78, 5) is 0. The van der Waals surface area contributed by atoms with Crippen LogP contribution in [0.1, 0.15) is 30.4 Å².